The fourth-order valence-corrected chi connectivity index (χ4v) is 2.47. The van der Waals surface area contributed by atoms with Crippen LogP contribution >= 0.6 is 15.9 Å². The summed E-state index contributed by atoms with van der Waals surface area (Å²) in [6.07, 6.45) is 1.89. The summed E-state index contributed by atoms with van der Waals surface area (Å²) in [6.45, 7) is 2.94. The Morgan fingerprint density at radius 1 is 1.71 bits per heavy atom. The Hall–Kier alpha value is -1.21. The molecule has 1 aromatic rings. The predicted molar refractivity (Wildman–Crippen MR) is 66.0 cm³/mol. The van der Waals surface area contributed by atoms with Gasteiger partial charge in [0.15, 0.2) is 0 Å². The van der Waals surface area contributed by atoms with Gasteiger partial charge in [-0.15, -0.1) is 0 Å². The fraction of sp³-hybridized carbons (Fsp3) is 0.500. The van der Waals surface area contributed by atoms with Gasteiger partial charge in [0, 0.05) is 19.2 Å². The van der Waals surface area contributed by atoms with Gasteiger partial charge in [-0.1, -0.05) is 0 Å². The van der Waals surface area contributed by atoms with E-state index in [1.54, 1.807) is 6.92 Å². The number of pyridine rings is 1. The number of nitrogens with zero attached hydrogens (tertiary/aromatic N) is 3. The van der Waals surface area contributed by atoms with Crippen LogP contribution < -0.4 is 4.90 Å². The molecule has 1 unspecified atom stereocenters. The van der Waals surface area contributed by atoms with Gasteiger partial charge in [0.25, 0.3) is 5.69 Å². The molecule has 0 aliphatic carbocycles. The van der Waals surface area contributed by atoms with Crippen molar-refractivity contribution >= 4 is 27.4 Å². The molecule has 6 nitrogen and oxygen atoms in total. The average molecular weight is 302 g/mol. The Kier molecular flexibility index (Phi) is 3.05. The molecule has 17 heavy (non-hydrogen) atoms. The molecule has 1 aliphatic rings. The van der Waals surface area contributed by atoms with Gasteiger partial charge in [0.1, 0.15) is 12.0 Å². The van der Waals surface area contributed by atoms with Gasteiger partial charge < -0.3 is 10.0 Å². The van der Waals surface area contributed by atoms with Crippen LogP contribution in [0, 0.1) is 10.1 Å². The van der Waals surface area contributed by atoms with Crippen molar-refractivity contribution in [2.75, 3.05) is 18.0 Å². The number of hydrogen-bond donors (Lipinski definition) is 1. The molecule has 2 rings (SSSR count). The number of nitro groups is 1. The first-order valence-corrected chi connectivity index (χ1v) is 5.96. The summed E-state index contributed by atoms with van der Waals surface area (Å²) < 4.78 is 0.574. The third-order valence-electron chi connectivity index (χ3n) is 2.77. The molecule has 92 valence electrons. The van der Waals surface area contributed by atoms with E-state index in [1.165, 1.54) is 12.3 Å². The third kappa shape index (κ3) is 2.55. The maximum Gasteiger partial charge on any atom is 0.288 e. The van der Waals surface area contributed by atoms with Crippen molar-refractivity contribution in [2.24, 2.45) is 0 Å². The summed E-state index contributed by atoms with van der Waals surface area (Å²) in [5.41, 5.74) is -0.769. The summed E-state index contributed by atoms with van der Waals surface area (Å²) in [4.78, 5) is 16.1. The standard InChI is InChI=1S/C10H12BrN3O3/c1-10(15)2-3-13(6-10)9-8(11)4-7(5-12-9)14(16)17/h4-5,15H,2-3,6H2,1H3. The number of β-amino-alcohol motifs (C(OH)–C–C–N with tert-alkyl or cyclic N) is 1. The second kappa shape index (κ2) is 4.23. The molecule has 1 aromatic heterocycles. The Bertz CT molecular complexity index is 464. The minimum Gasteiger partial charge on any atom is -0.388 e. The molecule has 0 radical (unpaired) electrons. The second-order valence-electron chi connectivity index (χ2n) is 4.42. The first-order valence-electron chi connectivity index (χ1n) is 5.16. The summed E-state index contributed by atoms with van der Waals surface area (Å²) in [5.74, 6) is 0.633. The Morgan fingerprint density at radius 3 is 2.88 bits per heavy atom. The number of anilines is 1. The van der Waals surface area contributed by atoms with E-state index in [2.05, 4.69) is 20.9 Å². The lowest BCUT2D eigenvalue weighted by molar-refractivity contribution is -0.385. The molecule has 1 fully saturated rings. The lowest BCUT2D eigenvalue weighted by Gasteiger charge is -2.20. The maximum atomic E-state index is 10.6. The zero-order chi connectivity index (χ0) is 12.6. The molecule has 1 atom stereocenters. The van der Waals surface area contributed by atoms with Gasteiger partial charge in [-0.25, -0.2) is 4.98 Å². The average Bonchev–Trinajstić information content (AvgIpc) is 2.58. The zero-order valence-corrected chi connectivity index (χ0v) is 10.8. The van der Waals surface area contributed by atoms with Crippen molar-refractivity contribution in [1.82, 2.24) is 4.98 Å². The smallest absolute Gasteiger partial charge is 0.288 e. The van der Waals surface area contributed by atoms with Gasteiger partial charge in [0.05, 0.1) is 15.0 Å². The van der Waals surface area contributed by atoms with Gasteiger partial charge >= 0.3 is 0 Å². The number of halogens is 1. The fourth-order valence-electron chi connectivity index (χ4n) is 1.88. The van der Waals surface area contributed by atoms with Crippen molar-refractivity contribution in [1.29, 1.82) is 0 Å². The summed E-state index contributed by atoms with van der Waals surface area (Å²) in [5, 5.41) is 20.4. The molecule has 1 saturated heterocycles. The molecule has 0 spiro atoms. The van der Waals surface area contributed by atoms with Gasteiger partial charge in [0.2, 0.25) is 0 Å². The normalized spacial score (nSPS) is 24.1. The first kappa shape index (κ1) is 12.3. The highest BCUT2D eigenvalue weighted by Gasteiger charge is 2.33. The monoisotopic (exact) mass is 301 g/mol. The molecular weight excluding hydrogens is 290 g/mol. The number of aromatic nitrogens is 1. The van der Waals surface area contributed by atoms with E-state index < -0.39 is 10.5 Å². The van der Waals surface area contributed by atoms with Crippen LogP contribution in [0.1, 0.15) is 13.3 Å². The Balaban J connectivity index is 2.26. The minimum absolute atomic E-state index is 0.0495. The van der Waals surface area contributed by atoms with Crippen LogP contribution in [0.5, 0.6) is 0 Å². The van der Waals surface area contributed by atoms with Crippen LogP contribution in [0.3, 0.4) is 0 Å². The molecule has 1 N–H and O–H groups in total. The quantitative estimate of drug-likeness (QED) is 0.664. The second-order valence-corrected chi connectivity index (χ2v) is 5.28. The van der Waals surface area contributed by atoms with Crippen molar-refractivity contribution in [2.45, 2.75) is 18.9 Å². The SMILES string of the molecule is CC1(O)CCN(c2ncc([N+](=O)[O-])cc2Br)C1. The summed E-state index contributed by atoms with van der Waals surface area (Å²) in [6, 6.07) is 1.43. The lowest BCUT2D eigenvalue weighted by Crippen LogP contribution is -2.30. The van der Waals surface area contributed by atoms with Crippen molar-refractivity contribution in [3.8, 4) is 0 Å². The molecule has 0 bridgehead atoms. The highest BCUT2D eigenvalue weighted by molar-refractivity contribution is 9.10. The molecule has 2 heterocycles. The maximum absolute atomic E-state index is 10.6. The largest absolute Gasteiger partial charge is 0.388 e. The van der Waals surface area contributed by atoms with Crippen molar-refractivity contribution in [3.63, 3.8) is 0 Å². The highest BCUT2D eigenvalue weighted by Crippen LogP contribution is 2.32. The van der Waals surface area contributed by atoms with Crippen LogP contribution in [0.25, 0.3) is 0 Å². The van der Waals surface area contributed by atoms with Gasteiger partial charge in [-0.2, -0.15) is 0 Å². The molecule has 1 aliphatic heterocycles. The van der Waals surface area contributed by atoms with Crippen LogP contribution in [0.2, 0.25) is 0 Å². The van der Waals surface area contributed by atoms with Crippen LogP contribution in [-0.2, 0) is 0 Å². The van der Waals surface area contributed by atoms with Crippen LogP contribution in [0.4, 0.5) is 11.5 Å². The van der Waals surface area contributed by atoms with Crippen molar-refractivity contribution < 1.29 is 10.0 Å². The topological polar surface area (TPSA) is 79.5 Å². The Morgan fingerprint density at radius 2 is 2.41 bits per heavy atom. The van der Waals surface area contributed by atoms with Crippen molar-refractivity contribution in [3.05, 3.63) is 26.9 Å². The number of rotatable bonds is 2. The zero-order valence-electron chi connectivity index (χ0n) is 9.26. The predicted octanol–water partition coefficient (Wildman–Crippen LogP) is 1.71. The van der Waals surface area contributed by atoms with E-state index in [0.717, 1.165) is 0 Å². The van der Waals surface area contributed by atoms with E-state index in [0.29, 0.717) is 29.8 Å². The van der Waals surface area contributed by atoms with E-state index in [-0.39, 0.29) is 5.69 Å². The molecule has 0 saturated carbocycles. The van der Waals surface area contributed by atoms with Gasteiger partial charge in [-0.05, 0) is 29.3 Å². The number of hydrogen-bond acceptors (Lipinski definition) is 5. The molecule has 0 aromatic carbocycles. The number of aliphatic hydroxyl groups is 1. The van der Waals surface area contributed by atoms with Crippen LogP contribution in [0.15, 0.2) is 16.7 Å². The summed E-state index contributed by atoms with van der Waals surface area (Å²) >= 11 is 3.27. The Labute approximate surface area is 107 Å². The molecule has 0 amide bonds. The minimum atomic E-state index is -0.719. The third-order valence-corrected chi connectivity index (χ3v) is 3.35. The van der Waals surface area contributed by atoms with Gasteiger partial charge in [-0.3, -0.25) is 10.1 Å². The first-order chi connectivity index (χ1) is 7.89. The van der Waals surface area contributed by atoms with E-state index in [1.807, 2.05) is 4.90 Å². The van der Waals surface area contributed by atoms with E-state index in [9.17, 15) is 15.2 Å². The molecule has 7 heteroatoms. The highest BCUT2D eigenvalue weighted by atomic mass is 79.9. The van der Waals surface area contributed by atoms with E-state index >= 15 is 0 Å². The van der Waals surface area contributed by atoms with E-state index in [4.69, 9.17) is 0 Å². The van der Waals surface area contributed by atoms with Crippen LogP contribution in [-0.4, -0.2) is 33.7 Å². The molecular formula is C10H12BrN3O3. The summed E-state index contributed by atoms with van der Waals surface area (Å²) in [7, 11) is 0. The lowest BCUT2D eigenvalue weighted by atomic mass is 10.1.